The van der Waals surface area contributed by atoms with Gasteiger partial charge in [0.25, 0.3) is 0 Å². The normalized spacial score (nSPS) is 20.3. The molecule has 1 heterocycles. The third-order valence-corrected chi connectivity index (χ3v) is 7.49. The van der Waals surface area contributed by atoms with Crippen molar-refractivity contribution < 1.29 is 19.0 Å². The lowest BCUT2D eigenvalue weighted by Gasteiger charge is -2.34. The average molecular weight is 478 g/mol. The Kier molecular flexibility index (Phi) is 6.36. The summed E-state index contributed by atoms with van der Waals surface area (Å²) in [7, 11) is 5.70. The largest absolute Gasteiger partial charge is 0.504 e. The number of rotatable bonds is 7. The first kappa shape index (κ1) is 23.5. The highest BCUT2D eigenvalue weighted by atomic mass is 19.1. The minimum Gasteiger partial charge on any atom is -0.504 e. The number of hydrogen-bond acceptors (Lipinski definition) is 6. The standard InChI is InChI=1S/C28H32FN3O3/c1-32(2)19-9-7-18(8-10-19)30-28-21-13-20(17-6-11-25(34)26(12-17)35-3)23(29)14-24(21)31-27(16-4-5-16)22(28)15-33/h6,11-16,18-19,34H,4-5,7-10H2,1-3H3,(H,30,31). The summed E-state index contributed by atoms with van der Waals surface area (Å²) < 4.78 is 20.6. The van der Waals surface area contributed by atoms with Crippen LogP contribution in [0.25, 0.3) is 22.0 Å². The molecule has 0 unspecified atom stereocenters. The number of phenols is 1. The maximum absolute atomic E-state index is 15.3. The van der Waals surface area contributed by atoms with Gasteiger partial charge in [0.2, 0.25) is 0 Å². The maximum atomic E-state index is 15.3. The van der Waals surface area contributed by atoms with Gasteiger partial charge in [-0.05, 0) is 76.4 Å². The average Bonchev–Trinajstić information content (AvgIpc) is 3.70. The molecule has 7 heteroatoms. The molecule has 0 bridgehead atoms. The number of nitrogens with one attached hydrogen (secondary N) is 1. The van der Waals surface area contributed by atoms with E-state index in [0.717, 1.165) is 61.6 Å². The van der Waals surface area contributed by atoms with Gasteiger partial charge in [-0.15, -0.1) is 0 Å². The zero-order valence-corrected chi connectivity index (χ0v) is 20.5. The fourth-order valence-electron chi connectivity index (χ4n) is 5.27. The molecule has 0 spiro atoms. The van der Waals surface area contributed by atoms with E-state index in [9.17, 15) is 9.90 Å². The number of carbonyl (C=O) groups is 1. The number of methoxy groups -OCH3 is 1. The summed E-state index contributed by atoms with van der Waals surface area (Å²) in [6, 6.07) is 8.79. The van der Waals surface area contributed by atoms with Crippen molar-refractivity contribution in [3.63, 3.8) is 0 Å². The molecule has 0 atom stereocenters. The summed E-state index contributed by atoms with van der Waals surface area (Å²) in [4.78, 5) is 19.4. The van der Waals surface area contributed by atoms with Crippen LogP contribution in [0.4, 0.5) is 10.1 Å². The number of aldehydes is 1. The molecule has 0 radical (unpaired) electrons. The van der Waals surface area contributed by atoms with Crippen LogP contribution in [0.2, 0.25) is 0 Å². The van der Waals surface area contributed by atoms with Gasteiger partial charge in [-0.3, -0.25) is 9.78 Å². The van der Waals surface area contributed by atoms with Crippen LogP contribution in [0.15, 0.2) is 30.3 Å². The van der Waals surface area contributed by atoms with Crippen molar-refractivity contribution in [1.29, 1.82) is 0 Å². The number of hydrogen-bond donors (Lipinski definition) is 2. The zero-order chi connectivity index (χ0) is 24.7. The van der Waals surface area contributed by atoms with Crippen LogP contribution in [0.5, 0.6) is 11.5 Å². The molecule has 2 aliphatic rings. The predicted molar refractivity (Wildman–Crippen MR) is 136 cm³/mol. The Morgan fingerprint density at radius 1 is 1.11 bits per heavy atom. The highest BCUT2D eigenvalue weighted by Crippen LogP contribution is 2.45. The second-order valence-corrected chi connectivity index (χ2v) is 10.0. The highest BCUT2D eigenvalue weighted by molar-refractivity contribution is 6.03. The van der Waals surface area contributed by atoms with Crippen LogP contribution in [0.1, 0.15) is 60.5 Å². The molecule has 2 N–H and O–H groups in total. The summed E-state index contributed by atoms with van der Waals surface area (Å²) in [6.45, 7) is 0. The van der Waals surface area contributed by atoms with Crippen molar-refractivity contribution in [2.75, 3.05) is 26.5 Å². The number of phenolic OH excluding ortho intramolecular Hbond substituents is 1. The molecule has 2 aromatic carbocycles. The zero-order valence-electron chi connectivity index (χ0n) is 20.5. The summed E-state index contributed by atoms with van der Waals surface area (Å²) in [5.41, 5.74) is 3.62. The van der Waals surface area contributed by atoms with Gasteiger partial charge in [0.1, 0.15) is 5.82 Å². The van der Waals surface area contributed by atoms with Gasteiger partial charge < -0.3 is 20.1 Å². The number of ether oxygens (including phenoxy) is 1. The van der Waals surface area contributed by atoms with E-state index in [1.54, 1.807) is 18.2 Å². The van der Waals surface area contributed by atoms with Crippen molar-refractivity contribution in [1.82, 2.24) is 9.88 Å². The van der Waals surface area contributed by atoms with Gasteiger partial charge in [0.15, 0.2) is 17.8 Å². The van der Waals surface area contributed by atoms with Gasteiger partial charge in [-0.25, -0.2) is 4.39 Å². The minimum atomic E-state index is -0.407. The number of benzene rings is 2. The van der Waals surface area contributed by atoms with Crippen molar-refractivity contribution in [2.45, 2.75) is 56.5 Å². The Morgan fingerprint density at radius 3 is 2.49 bits per heavy atom. The van der Waals surface area contributed by atoms with E-state index < -0.39 is 5.82 Å². The van der Waals surface area contributed by atoms with E-state index in [4.69, 9.17) is 9.72 Å². The number of nitrogens with zero attached hydrogens (tertiary/aromatic N) is 2. The molecule has 35 heavy (non-hydrogen) atoms. The Hall–Kier alpha value is -3.19. The number of fused-ring (bicyclic) bond motifs is 1. The molecule has 2 saturated carbocycles. The van der Waals surface area contributed by atoms with Gasteiger partial charge in [-0.2, -0.15) is 0 Å². The molecule has 0 amide bonds. The Morgan fingerprint density at radius 2 is 1.86 bits per heavy atom. The van der Waals surface area contributed by atoms with Crippen LogP contribution in [-0.2, 0) is 0 Å². The Labute approximate surface area is 205 Å². The third kappa shape index (κ3) is 4.57. The van der Waals surface area contributed by atoms with Crippen molar-refractivity contribution >= 4 is 22.9 Å². The summed E-state index contributed by atoms with van der Waals surface area (Å²) in [6.07, 6.45) is 7.10. The fraction of sp³-hybridized carbons (Fsp3) is 0.429. The van der Waals surface area contributed by atoms with E-state index >= 15 is 4.39 Å². The molecule has 1 aromatic heterocycles. The highest BCUT2D eigenvalue weighted by Gasteiger charge is 2.31. The second-order valence-electron chi connectivity index (χ2n) is 10.0. The number of pyridine rings is 1. The van der Waals surface area contributed by atoms with E-state index in [-0.39, 0.29) is 23.5 Å². The van der Waals surface area contributed by atoms with Crippen LogP contribution >= 0.6 is 0 Å². The molecule has 3 aromatic rings. The Bertz CT molecular complexity index is 1260. The number of carbonyl (C=O) groups excluding carboxylic acids is 1. The lowest BCUT2D eigenvalue weighted by atomic mass is 9.89. The molecule has 2 fully saturated rings. The predicted octanol–water partition coefficient (Wildman–Crippen LogP) is 5.73. The molecule has 5 rings (SSSR count). The molecule has 0 aliphatic heterocycles. The van der Waals surface area contributed by atoms with Crippen molar-refractivity contribution in [3.8, 4) is 22.6 Å². The monoisotopic (exact) mass is 477 g/mol. The number of anilines is 1. The Balaban J connectivity index is 1.61. The third-order valence-electron chi connectivity index (χ3n) is 7.49. The van der Waals surface area contributed by atoms with E-state index in [1.807, 2.05) is 0 Å². The van der Waals surface area contributed by atoms with Crippen LogP contribution in [0.3, 0.4) is 0 Å². The number of halogens is 1. The van der Waals surface area contributed by atoms with E-state index in [1.165, 1.54) is 19.2 Å². The minimum absolute atomic E-state index is 0.00730. The lowest BCUT2D eigenvalue weighted by Crippen LogP contribution is -2.36. The smallest absolute Gasteiger partial charge is 0.161 e. The maximum Gasteiger partial charge on any atom is 0.161 e. The molecule has 2 aliphatic carbocycles. The van der Waals surface area contributed by atoms with E-state index in [2.05, 4.69) is 24.3 Å². The van der Waals surface area contributed by atoms with E-state index in [0.29, 0.717) is 28.2 Å². The van der Waals surface area contributed by atoms with Gasteiger partial charge >= 0.3 is 0 Å². The van der Waals surface area contributed by atoms with Gasteiger partial charge in [-0.1, -0.05) is 6.07 Å². The first-order valence-corrected chi connectivity index (χ1v) is 12.3. The SMILES string of the molecule is COc1cc(-c2cc3c(NC4CCC(N(C)C)CC4)c(C=O)c(C4CC4)nc3cc2F)ccc1O. The second kappa shape index (κ2) is 9.46. The first-order valence-electron chi connectivity index (χ1n) is 12.3. The molecular formula is C28H32FN3O3. The quantitative estimate of drug-likeness (QED) is 0.424. The first-order chi connectivity index (χ1) is 16.9. The number of aromatic nitrogens is 1. The van der Waals surface area contributed by atoms with Crippen LogP contribution in [0, 0.1) is 5.82 Å². The summed E-state index contributed by atoms with van der Waals surface area (Å²) in [5, 5.41) is 14.4. The number of aromatic hydroxyl groups is 1. The van der Waals surface area contributed by atoms with Crippen LogP contribution < -0.4 is 10.1 Å². The van der Waals surface area contributed by atoms with Gasteiger partial charge in [0, 0.05) is 35.0 Å². The topological polar surface area (TPSA) is 74.7 Å². The molecule has 0 saturated heterocycles. The lowest BCUT2D eigenvalue weighted by molar-refractivity contribution is 0.112. The molecule has 6 nitrogen and oxygen atoms in total. The van der Waals surface area contributed by atoms with Crippen molar-refractivity contribution in [3.05, 3.63) is 47.4 Å². The summed E-state index contributed by atoms with van der Waals surface area (Å²) >= 11 is 0. The fourth-order valence-corrected chi connectivity index (χ4v) is 5.27. The van der Waals surface area contributed by atoms with Crippen LogP contribution in [-0.4, -0.2) is 54.6 Å². The summed E-state index contributed by atoms with van der Waals surface area (Å²) in [5.74, 6) is 0.116. The molecular weight excluding hydrogens is 445 g/mol. The van der Waals surface area contributed by atoms with Gasteiger partial charge in [0.05, 0.1) is 29.6 Å². The van der Waals surface area contributed by atoms with Crippen molar-refractivity contribution in [2.24, 2.45) is 0 Å². The molecule has 184 valence electrons.